The molecule has 0 saturated heterocycles. The number of aliphatic carboxylic acids is 1. The molecule has 1 heterocycles. The van der Waals surface area contributed by atoms with Gasteiger partial charge in [0, 0.05) is 34.6 Å². The molecule has 0 bridgehead atoms. The Balaban J connectivity index is 2.12. The second kappa shape index (κ2) is 8.84. The van der Waals surface area contributed by atoms with Gasteiger partial charge < -0.3 is 25.0 Å². The topological polar surface area (TPSA) is 141 Å². The Bertz CT molecular complexity index is 894. The molecule has 11 nitrogen and oxygen atoms in total. The molecule has 0 spiro atoms. The average molecular weight is 390 g/mol. The van der Waals surface area contributed by atoms with E-state index in [1.165, 1.54) is 9.80 Å². The molecule has 1 aromatic heterocycles. The van der Waals surface area contributed by atoms with E-state index in [0.29, 0.717) is 11.3 Å². The Morgan fingerprint density at radius 3 is 2.36 bits per heavy atom. The number of anilines is 2. The zero-order chi connectivity index (χ0) is 20.8. The van der Waals surface area contributed by atoms with E-state index in [0.717, 1.165) is 0 Å². The Kier molecular flexibility index (Phi) is 6.53. The van der Waals surface area contributed by atoms with Crippen molar-refractivity contribution in [3.8, 4) is 5.75 Å². The predicted molar refractivity (Wildman–Crippen MR) is 102 cm³/mol. The third-order valence-corrected chi connectivity index (χ3v) is 3.58. The number of aromatic nitrogens is 3. The largest absolute Gasteiger partial charge is 0.480 e. The van der Waals surface area contributed by atoms with Crippen LogP contribution in [0.15, 0.2) is 29.1 Å². The quantitative estimate of drug-likeness (QED) is 0.612. The van der Waals surface area contributed by atoms with Crippen LogP contribution in [0, 0.1) is 0 Å². The minimum absolute atomic E-state index is 0.00707. The van der Waals surface area contributed by atoms with E-state index in [2.05, 4.69) is 20.3 Å². The summed E-state index contributed by atoms with van der Waals surface area (Å²) in [7, 11) is 6.47. The highest BCUT2D eigenvalue weighted by Crippen LogP contribution is 2.15. The van der Waals surface area contributed by atoms with Gasteiger partial charge in [-0.3, -0.25) is 4.98 Å². The van der Waals surface area contributed by atoms with Crippen molar-refractivity contribution in [3.05, 3.63) is 40.3 Å². The lowest BCUT2D eigenvalue weighted by atomic mass is 10.1. The van der Waals surface area contributed by atoms with Crippen LogP contribution in [0.25, 0.3) is 0 Å². The summed E-state index contributed by atoms with van der Waals surface area (Å²) in [6.07, 6.45) is -0.400. The van der Waals surface area contributed by atoms with Crippen LogP contribution in [-0.4, -0.2) is 71.3 Å². The van der Waals surface area contributed by atoms with E-state index in [1.807, 2.05) is 0 Å². The minimum atomic E-state index is -1.12. The molecular weight excluding hydrogens is 368 g/mol. The summed E-state index contributed by atoms with van der Waals surface area (Å²) in [4.78, 5) is 47.8. The van der Waals surface area contributed by atoms with Crippen molar-refractivity contribution in [2.45, 2.75) is 12.5 Å². The molecule has 0 aliphatic heterocycles. The molecule has 0 aliphatic carbocycles. The normalized spacial score (nSPS) is 11.4. The molecule has 0 unspecified atom stereocenters. The van der Waals surface area contributed by atoms with E-state index < -0.39 is 23.8 Å². The van der Waals surface area contributed by atoms with Crippen LogP contribution >= 0.6 is 0 Å². The smallest absolute Gasteiger partial charge is 0.414 e. The first-order chi connectivity index (χ1) is 13.2. The Hall–Kier alpha value is -3.63. The molecule has 11 heteroatoms. The molecule has 2 rings (SSSR count). The summed E-state index contributed by atoms with van der Waals surface area (Å²) in [6.45, 7) is 0. The second-order valence-corrected chi connectivity index (χ2v) is 6.34. The van der Waals surface area contributed by atoms with E-state index >= 15 is 0 Å². The van der Waals surface area contributed by atoms with Gasteiger partial charge in [0.05, 0.1) is 0 Å². The molecule has 150 valence electrons. The summed E-state index contributed by atoms with van der Waals surface area (Å²) < 4.78 is 5.12. The van der Waals surface area contributed by atoms with Crippen LogP contribution in [0.5, 0.6) is 5.75 Å². The molecule has 2 aromatic rings. The maximum absolute atomic E-state index is 11.6. The first-order valence-electron chi connectivity index (χ1n) is 8.29. The summed E-state index contributed by atoms with van der Waals surface area (Å²) in [5.74, 6) is -0.609. The van der Waals surface area contributed by atoms with E-state index in [4.69, 9.17) is 4.74 Å². The van der Waals surface area contributed by atoms with Gasteiger partial charge >= 0.3 is 17.8 Å². The van der Waals surface area contributed by atoms with Crippen molar-refractivity contribution in [2.24, 2.45) is 0 Å². The number of H-pyrrole nitrogens is 1. The predicted octanol–water partition coefficient (Wildman–Crippen LogP) is 0.399. The van der Waals surface area contributed by atoms with Gasteiger partial charge in [-0.15, -0.1) is 0 Å². The minimum Gasteiger partial charge on any atom is -0.480 e. The highest BCUT2D eigenvalue weighted by Gasteiger charge is 2.20. The van der Waals surface area contributed by atoms with E-state index in [9.17, 15) is 19.5 Å². The maximum atomic E-state index is 11.6. The number of hydrogen-bond donors (Lipinski definition) is 3. The number of carboxylic acids is 1. The van der Waals surface area contributed by atoms with Crippen LogP contribution in [-0.2, 0) is 11.2 Å². The molecule has 0 fully saturated rings. The number of carboxylic acid groups (broad SMARTS) is 1. The Morgan fingerprint density at radius 2 is 1.82 bits per heavy atom. The Morgan fingerprint density at radius 1 is 1.18 bits per heavy atom. The number of amides is 1. The lowest BCUT2D eigenvalue weighted by Crippen LogP contribution is -2.34. The second-order valence-electron chi connectivity index (χ2n) is 6.34. The number of benzene rings is 1. The van der Waals surface area contributed by atoms with Crippen molar-refractivity contribution >= 4 is 24.0 Å². The van der Waals surface area contributed by atoms with Gasteiger partial charge in [-0.25, -0.2) is 14.4 Å². The van der Waals surface area contributed by atoms with E-state index in [1.54, 1.807) is 52.5 Å². The molecule has 0 aliphatic rings. The van der Waals surface area contributed by atoms with Gasteiger partial charge in [-0.05, 0) is 17.7 Å². The number of rotatable bonds is 7. The molecule has 1 atom stereocenters. The Labute approximate surface area is 161 Å². The number of carbonyl (C=O) groups is 2. The fourth-order valence-electron chi connectivity index (χ4n) is 2.13. The zero-order valence-corrected chi connectivity index (χ0v) is 16.0. The highest BCUT2D eigenvalue weighted by molar-refractivity contribution is 5.77. The molecule has 1 amide bonds. The molecule has 1 aromatic carbocycles. The van der Waals surface area contributed by atoms with Gasteiger partial charge in [0.2, 0.25) is 11.9 Å². The fourth-order valence-corrected chi connectivity index (χ4v) is 2.13. The molecule has 0 saturated carbocycles. The molecule has 28 heavy (non-hydrogen) atoms. The SMILES string of the molecule is CN(C)C(=O)Oc1ccc(C[C@H](Nc2nc(N(C)C)nc(=O)[nH]2)C(=O)O)cc1. The van der Waals surface area contributed by atoms with Crippen molar-refractivity contribution < 1.29 is 19.4 Å². The monoisotopic (exact) mass is 390 g/mol. The molecular formula is C17H22N6O5. The van der Waals surface area contributed by atoms with Crippen LogP contribution in [0.2, 0.25) is 0 Å². The third kappa shape index (κ3) is 5.69. The maximum Gasteiger partial charge on any atom is 0.414 e. The van der Waals surface area contributed by atoms with Gasteiger partial charge in [-0.1, -0.05) is 12.1 Å². The summed E-state index contributed by atoms with van der Waals surface area (Å²) >= 11 is 0. The standard InChI is InChI=1S/C17H22N6O5/c1-22(2)15-19-14(20-16(26)21-15)18-12(13(24)25)9-10-5-7-11(8-6-10)28-17(27)23(3)4/h5-8,12H,9H2,1-4H3,(H,24,25)(H2,18,19,20,21,26)/t12-/m0/s1. The summed E-state index contributed by atoms with van der Waals surface area (Å²) in [5, 5.41) is 12.2. The van der Waals surface area contributed by atoms with Crippen LogP contribution in [0.1, 0.15) is 5.56 Å². The lowest BCUT2D eigenvalue weighted by molar-refractivity contribution is -0.137. The molecule has 0 radical (unpaired) electrons. The summed E-state index contributed by atoms with van der Waals surface area (Å²) in [6, 6.07) is 5.42. The first-order valence-corrected chi connectivity index (χ1v) is 8.29. The van der Waals surface area contributed by atoms with Gasteiger partial charge in [-0.2, -0.15) is 9.97 Å². The number of carbonyl (C=O) groups excluding carboxylic acids is 1. The van der Waals surface area contributed by atoms with Crippen LogP contribution in [0.4, 0.5) is 16.7 Å². The van der Waals surface area contributed by atoms with Gasteiger partial charge in [0.15, 0.2) is 0 Å². The third-order valence-electron chi connectivity index (χ3n) is 3.58. The van der Waals surface area contributed by atoms with Crippen molar-refractivity contribution in [1.29, 1.82) is 0 Å². The van der Waals surface area contributed by atoms with Crippen molar-refractivity contribution in [2.75, 3.05) is 38.4 Å². The van der Waals surface area contributed by atoms with Crippen molar-refractivity contribution in [3.63, 3.8) is 0 Å². The lowest BCUT2D eigenvalue weighted by Gasteiger charge is -2.16. The van der Waals surface area contributed by atoms with Crippen molar-refractivity contribution in [1.82, 2.24) is 19.9 Å². The first kappa shape index (κ1) is 20.7. The fraction of sp³-hybridized carbons (Fsp3) is 0.353. The van der Waals surface area contributed by atoms with E-state index in [-0.39, 0.29) is 18.3 Å². The van der Waals surface area contributed by atoms with Gasteiger partial charge in [0.1, 0.15) is 11.8 Å². The number of nitrogens with zero attached hydrogens (tertiary/aromatic N) is 4. The number of ether oxygens (including phenoxy) is 1. The molecule has 3 N–H and O–H groups in total. The highest BCUT2D eigenvalue weighted by atomic mass is 16.6. The number of nitrogens with one attached hydrogen (secondary N) is 2. The van der Waals surface area contributed by atoms with Crippen LogP contribution < -0.4 is 20.6 Å². The number of hydrogen-bond acceptors (Lipinski definition) is 8. The van der Waals surface area contributed by atoms with Gasteiger partial charge in [0.25, 0.3) is 0 Å². The van der Waals surface area contributed by atoms with Crippen LogP contribution in [0.3, 0.4) is 0 Å². The average Bonchev–Trinajstić information content (AvgIpc) is 2.62. The zero-order valence-electron chi connectivity index (χ0n) is 16.0. The summed E-state index contributed by atoms with van der Waals surface area (Å²) in [5.41, 5.74) is 0.0474. The number of aromatic amines is 1.